The summed E-state index contributed by atoms with van der Waals surface area (Å²) in [5, 5.41) is 3.53. The molecule has 0 spiro atoms. The van der Waals surface area contributed by atoms with E-state index in [1.165, 1.54) is 6.42 Å². The van der Waals surface area contributed by atoms with Gasteiger partial charge in [0, 0.05) is 25.0 Å². The highest BCUT2D eigenvalue weighted by Crippen LogP contribution is 2.03. The maximum atomic E-state index is 4.22. The minimum absolute atomic E-state index is 0.622. The van der Waals surface area contributed by atoms with Gasteiger partial charge in [0.1, 0.15) is 5.82 Å². The molecule has 0 aliphatic carbocycles. The first-order valence-corrected chi connectivity index (χ1v) is 5.84. The number of nitrogens with zero attached hydrogens (tertiary/aromatic N) is 2. The van der Waals surface area contributed by atoms with E-state index in [2.05, 4.69) is 48.8 Å². The monoisotopic (exact) mass is 209 g/mol. The number of aromatic nitrogens is 2. The van der Waals surface area contributed by atoms with Gasteiger partial charge < -0.3 is 9.88 Å². The van der Waals surface area contributed by atoms with Crippen molar-refractivity contribution in [2.24, 2.45) is 5.92 Å². The summed E-state index contributed by atoms with van der Waals surface area (Å²) in [6, 6.07) is 0.622. The maximum absolute atomic E-state index is 4.22. The van der Waals surface area contributed by atoms with Crippen molar-refractivity contribution in [3.05, 3.63) is 18.2 Å². The van der Waals surface area contributed by atoms with E-state index in [9.17, 15) is 0 Å². The molecule has 0 saturated carbocycles. The molecule has 0 bridgehead atoms. The van der Waals surface area contributed by atoms with Crippen molar-refractivity contribution >= 4 is 0 Å². The summed E-state index contributed by atoms with van der Waals surface area (Å²) >= 11 is 0. The lowest BCUT2D eigenvalue weighted by molar-refractivity contribution is 0.409. The van der Waals surface area contributed by atoms with Crippen LogP contribution in [-0.2, 0) is 6.54 Å². The van der Waals surface area contributed by atoms with Crippen molar-refractivity contribution in [3.63, 3.8) is 0 Å². The van der Waals surface area contributed by atoms with Crippen molar-refractivity contribution in [2.45, 2.75) is 46.7 Å². The summed E-state index contributed by atoms with van der Waals surface area (Å²) in [6.07, 6.45) is 5.11. The first-order valence-electron chi connectivity index (χ1n) is 5.84. The van der Waals surface area contributed by atoms with Gasteiger partial charge in [0.05, 0.1) is 0 Å². The molecule has 3 nitrogen and oxygen atoms in total. The van der Waals surface area contributed by atoms with Gasteiger partial charge in [-0.25, -0.2) is 4.98 Å². The van der Waals surface area contributed by atoms with E-state index in [-0.39, 0.29) is 0 Å². The smallest absolute Gasteiger partial charge is 0.105 e. The van der Waals surface area contributed by atoms with Gasteiger partial charge >= 0.3 is 0 Å². The summed E-state index contributed by atoms with van der Waals surface area (Å²) in [5.41, 5.74) is 0. The van der Waals surface area contributed by atoms with Crippen molar-refractivity contribution < 1.29 is 0 Å². The van der Waals surface area contributed by atoms with Gasteiger partial charge in [0.15, 0.2) is 0 Å². The first kappa shape index (κ1) is 12.2. The fraction of sp³-hybridized carbons (Fsp3) is 0.750. The summed E-state index contributed by atoms with van der Waals surface area (Å²) in [5.74, 6) is 1.75. The lowest BCUT2D eigenvalue weighted by atomic mass is 10.1. The van der Waals surface area contributed by atoms with Crippen LogP contribution >= 0.6 is 0 Å². The summed E-state index contributed by atoms with van der Waals surface area (Å²) < 4.78 is 2.21. The van der Waals surface area contributed by atoms with Crippen LogP contribution < -0.4 is 5.32 Å². The second-order valence-corrected chi connectivity index (χ2v) is 4.45. The topological polar surface area (TPSA) is 29.9 Å². The molecule has 1 aromatic heterocycles. The van der Waals surface area contributed by atoms with E-state index < -0.39 is 0 Å². The fourth-order valence-corrected chi connectivity index (χ4v) is 1.54. The number of hydrogen-bond acceptors (Lipinski definition) is 2. The lowest BCUT2D eigenvalue weighted by Gasteiger charge is -2.17. The van der Waals surface area contributed by atoms with Crippen LogP contribution in [0.15, 0.2) is 12.4 Å². The van der Waals surface area contributed by atoms with Gasteiger partial charge in [0.25, 0.3) is 0 Å². The van der Waals surface area contributed by atoms with E-state index in [4.69, 9.17) is 0 Å². The molecule has 1 rings (SSSR count). The van der Waals surface area contributed by atoms with E-state index in [0.717, 1.165) is 18.9 Å². The van der Waals surface area contributed by atoms with Gasteiger partial charge in [0.2, 0.25) is 0 Å². The summed E-state index contributed by atoms with van der Waals surface area (Å²) in [4.78, 5) is 4.22. The molecule has 0 radical (unpaired) electrons. The van der Waals surface area contributed by atoms with E-state index >= 15 is 0 Å². The Balaban J connectivity index is 2.30. The van der Waals surface area contributed by atoms with Crippen molar-refractivity contribution in [1.82, 2.24) is 14.9 Å². The van der Waals surface area contributed by atoms with Crippen LogP contribution in [0.4, 0.5) is 0 Å². The predicted octanol–water partition coefficient (Wildman–Crippen LogP) is 2.22. The largest absolute Gasteiger partial charge is 0.335 e. The third kappa shape index (κ3) is 4.04. The highest BCUT2D eigenvalue weighted by atomic mass is 15.1. The minimum atomic E-state index is 0.622. The molecular weight excluding hydrogens is 186 g/mol. The average molecular weight is 209 g/mol. The molecular formula is C12H23N3. The Bertz CT molecular complexity index is 280. The van der Waals surface area contributed by atoms with Crippen LogP contribution in [-0.4, -0.2) is 22.1 Å². The molecule has 2 unspecified atom stereocenters. The highest BCUT2D eigenvalue weighted by Gasteiger charge is 2.06. The van der Waals surface area contributed by atoms with Crippen LogP contribution in [0.25, 0.3) is 0 Å². The molecule has 0 amide bonds. The van der Waals surface area contributed by atoms with Crippen LogP contribution in [0, 0.1) is 12.8 Å². The van der Waals surface area contributed by atoms with Crippen molar-refractivity contribution in [1.29, 1.82) is 0 Å². The molecule has 15 heavy (non-hydrogen) atoms. The third-order valence-corrected chi connectivity index (χ3v) is 2.86. The minimum Gasteiger partial charge on any atom is -0.335 e. The summed E-state index contributed by atoms with van der Waals surface area (Å²) in [7, 11) is 0. The highest BCUT2D eigenvalue weighted by molar-refractivity contribution is 4.88. The van der Waals surface area contributed by atoms with Gasteiger partial charge in [-0.3, -0.25) is 0 Å². The van der Waals surface area contributed by atoms with Crippen LogP contribution in [0.1, 0.15) is 33.0 Å². The SMILES string of the molecule is CCC(C)NCC(C)Cn1ccnc1C. The quantitative estimate of drug-likeness (QED) is 0.778. The first-order chi connectivity index (χ1) is 7.13. The van der Waals surface area contributed by atoms with Gasteiger partial charge in [-0.05, 0) is 32.7 Å². The number of nitrogens with one attached hydrogen (secondary N) is 1. The van der Waals surface area contributed by atoms with E-state index in [0.29, 0.717) is 12.0 Å². The number of hydrogen-bond donors (Lipinski definition) is 1. The van der Waals surface area contributed by atoms with Crippen LogP contribution in [0.5, 0.6) is 0 Å². The standard InChI is InChI=1S/C12H23N3/c1-5-11(3)14-8-10(2)9-15-7-6-13-12(15)4/h6-7,10-11,14H,5,8-9H2,1-4H3. The van der Waals surface area contributed by atoms with Gasteiger partial charge in [-0.15, -0.1) is 0 Å². The zero-order valence-corrected chi connectivity index (χ0v) is 10.3. The third-order valence-electron chi connectivity index (χ3n) is 2.86. The number of imidazole rings is 1. The van der Waals surface area contributed by atoms with Crippen LogP contribution in [0.2, 0.25) is 0 Å². The summed E-state index contributed by atoms with van der Waals surface area (Å²) in [6.45, 7) is 10.9. The molecule has 0 fully saturated rings. The Morgan fingerprint density at radius 2 is 2.20 bits per heavy atom. The molecule has 86 valence electrons. The average Bonchev–Trinajstić information content (AvgIpc) is 2.61. The number of aryl methyl sites for hydroxylation is 1. The Kier molecular flexibility index (Phi) is 4.82. The molecule has 0 aliphatic rings. The Labute approximate surface area is 92.9 Å². The zero-order valence-electron chi connectivity index (χ0n) is 10.3. The Hall–Kier alpha value is -0.830. The van der Waals surface area contributed by atoms with Crippen molar-refractivity contribution in [2.75, 3.05) is 6.54 Å². The fourth-order valence-electron chi connectivity index (χ4n) is 1.54. The molecule has 3 heteroatoms. The van der Waals surface area contributed by atoms with E-state index in [1.54, 1.807) is 0 Å². The Morgan fingerprint density at radius 1 is 1.47 bits per heavy atom. The van der Waals surface area contributed by atoms with Gasteiger partial charge in [-0.2, -0.15) is 0 Å². The molecule has 0 aliphatic heterocycles. The zero-order chi connectivity index (χ0) is 11.3. The molecule has 0 aromatic carbocycles. The normalized spacial score (nSPS) is 15.2. The number of rotatable bonds is 6. The molecule has 1 N–H and O–H groups in total. The molecule has 1 heterocycles. The van der Waals surface area contributed by atoms with Crippen LogP contribution in [0.3, 0.4) is 0 Å². The Morgan fingerprint density at radius 3 is 2.73 bits per heavy atom. The second-order valence-electron chi connectivity index (χ2n) is 4.45. The molecule has 1 aromatic rings. The molecule has 0 saturated heterocycles. The molecule has 2 atom stereocenters. The lowest BCUT2D eigenvalue weighted by Crippen LogP contribution is -2.31. The van der Waals surface area contributed by atoms with Crippen molar-refractivity contribution in [3.8, 4) is 0 Å². The maximum Gasteiger partial charge on any atom is 0.105 e. The van der Waals surface area contributed by atoms with Gasteiger partial charge in [-0.1, -0.05) is 13.8 Å². The second kappa shape index (κ2) is 5.91. The van der Waals surface area contributed by atoms with E-state index in [1.807, 2.05) is 6.20 Å². The predicted molar refractivity (Wildman–Crippen MR) is 63.9 cm³/mol.